The highest BCUT2D eigenvalue weighted by Crippen LogP contribution is 2.25. The summed E-state index contributed by atoms with van der Waals surface area (Å²) in [5, 5.41) is 0. The summed E-state index contributed by atoms with van der Waals surface area (Å²) in [6, 6.07) is 25.4. The molecule has 0 saturated carbocycles. The summed E-state index contributed by atoms with van der Waals surface area (Å²) >= 11 is 3.44. The lowest BCUT2D eigenvalue weighted by Gasteiger charge is -2.15. The van der Waals surface area contributed by atoms with Crippen molar-refractivity contribution in [1.82, 2.24) is 0 Å². The van der Waals surface area contributed by atoms with Gasteiger partial charge in [-0.15, -0.1) is 0 Å². The van der Waals surface area contributed by atoms with Crippen molar-refractivity contribution in [3.8, 4) is 23.3 Å². The highest BCUT2D eigenvalue weighted by molar-refractivity contribution is 9.10. The van der Waals surface area contributed by atoms with E-state index < -0.39 is 0 Å². The van der Waals surface area contributed by atoms with Crippen molar-refractivity contribution < 1.29 is 9.47 Å². The zero-order valence-electron chi connectivity index (χ0n) is 13.8. The number of halogens is 1. The molecule has 0 aliphatic rings. The average molecular weight is 393 g/mol. The number of benzene rings is 3. The Bertz CT molecular complexity index is 860. The molecule has 2 nitrogen and oxygen atoms in total. The van der Waals surface area contributed by atoms with Crippen LogP contribution >= 0.6 is 15.9 Å². The van der Waals surface area contributed by atoms with Crippen LogP contribution in [-0.4, -0.2) is 7.11 Å². The summed E-state index contributed by atoms with van der Waals surface area (Å²) in [5.41, 5.74) is 1.94. The smallest absolute Gasteiger partial charge is 0.184 e. The van der Waals surface area contributed by atoms with Crippen molar-refractivity contribution in [2.45, 2.75) is 6.10 Å². The van der Waals surface area contributed by atoms with Gasteiger partial charge in [0.25, 0.3) is 0 Å². The van der Waals surface area contributed by atoms with Gasteiger partial charge in [-0.25, -0.2) is 0 Å². The first-order valence-electron chi connectivity index (χ1n) is 7.87. The SMILES string of the molecule is COc1ccc(C(C#Cc2ccccc2)Oc2ccc(Br)cc2)cc1. The second-order valence-corrected chi connectivity index (χ2v) is 6.28. The van der Waals surface area contributed by atoms with Crippen molar-refractivity contribution in [1.29, 1.82) is 0 Å². The molecule has 0 heterocycles. The van der Waals surface area contributed by atoms with Crippen molar-refractivity contribution in [3.05, 3.63) is 94.5 Å². The van der Waals surface area contributed by atoms with Gasteiger partial charge >= 0.3 is 0 Å². The molecule has 3 aromatic carbocycles. The first-order valence-corrected chi connectivity index (χ1v) is 8.66. The molecule has 25 heavy (non-hydrogen) atoms. The molecule has 1 unspecified atom stereocenters. The Morgan fingerprint density at radius 3 is 2.08 bits per heavy atom. The fourth-order valence-electron chi connectivity index (χ4n) is 2.28. The standard InChI is InChI=1S/C22H17BrO2/c1-24-20-12-8-18(9-13-20)22(16-7-17-5-3-2-4-6-17)25-21-14-10-19(23)11-15-21/h2-6,8-15,22H,1H3. The molecular formula is C22H17BrO2. The van der Waals surface area contributed by atoms with Crippen LogP contribution in [0.25, 0.3) is 0 Å². The minimum Gasteiger partial charge on any atom is -0.497 e. The lowest BCUT2D eigenvalue weighted by atomic mass is 10.1. The van der Waals surface area contributed by atoms with E-state index in [-0.39, 0.29) is 6.10 Å². The van der Waals surface area contributed by atoms with E-state index in [0.29, 0.717) is 0 Å². The number of ether oxygens (including phenoxy) is 2. The van der Waals surface area contributed by atoms with E-state index in [2.05, 4.69) is 27.8 Å². The topological polar surface area (TPSA) is 18.5 Å². The molecule has 0 fully saturated rings. The van der Waals surface area contributed by atoms with Crippen LogP contribution in [0.3, 0.4) is 0 Å². The van der Waals surface area contributed by atoms with E-state index in [1.165, 1.54) is 0 Å². The van der Waals surface area contributed by atoms with Crippen LogP contribution in [0.4, 0.5) is 0 Å². The largest absolute Gasteiger partial charge is 0.497 e. The molecular weight excluding hydrogens is 376 g/mol. The first kappa shape index (κ1) is 17.1. The van der Waals surface area contributed by atoms with Crippen LogP contribution in [0.1, 0.15) is 17.2 Å². The van der Waals surface area contributed by atoms with Gasteiger partial charge in [0.05, 0.1) is 7.11 Å². The zero-order valence-corrected chi connectivity index (χ0v) is 15.4. The Balaban J connectivity index is 1.89. The van der Waals surface area contributed by atoms with Crippen molar-refractivity contribution >= 4 is 15.9 Å². The molecule has 3 aromatic rings. The summed E-state index contributed by atoms with van der Waals surface area (Å²) in [6.45, 7) is 0. The van der Waals surface area contributed by atoms with Gasteiger partial charge < -0.3 is 9.47 Å². The normalized spacial score (nSPS) is 11.1. The predicted octanol–water partition coefficient (Wildman–Crippen LogP) is 5.63. The third kappa shape index (κ3) is 4.89. The van der Waals surface area contributed by atoms with Gasteiger partial charge in [0, 0.05) is 15.6 Å². The Hall–Kier alpha value is -2.70. The van der Waals surface area contributed by atoms with Gasteiger partial charge in [-0.2, -0.15) is 0 Å². The van der Waals surface area contributed by atoms with Crippen LogP contribution in [-0.2, 0) is 0 Å². The maximum Gasteiger partial charge on any atom is 0.184 e. The van der Waals surface area contributed by atoms with Gasteiger partial charge in [0.1, 0.15) is 11.5 Å². The Morgan fingerprint density at radius 2 is 1.44 bits per heavy atom. The van der Waals surface area contributed by atoms with Crippen molar-refractivity contribution in [3.63, 3.8) is 0 Å². The number of rotatable bonds is 4. The average Bonchev–Trinajstić information content (AvgIpc) is 2.67. The predicted molar refractivity (Wildman–Crippen MR) is 104 cm³/mol. The van der Waals surface area contributed by atoms with E-state index in [1.54, 1.807) is 7.11 Å². The third-order valence-electron chi connectivity index (χ3n) is 3.61. The molecule has 0 spiro atoms. The fraction of sp³-hybridized carbons (Fsp3) is 0.0909. The van der Waals surface area contributed by atoms with Crippen LogP contribution in [0.2, 0.25) is 0 Å². The van der Waals surface area contributed by atoms with Gasteiger partial charge in [-0.05, 0) is 54.5 Å². The Labute approximate surface area is 156 Å². The summed E-state index contributed by atoms with van der Waals surface area (Å²) in [4.78, 5) is 0. The highest BCUT2D eigenvalue weighted by Gasteiger charge is 2.11. The van der Waals surface area contributed by atoms with E-state index in [0.717, 1.165) is 27.1 Å². The second kappa shape index (κ2) is 8.41. The molecule has 124 valence electrons. The lowest BCUT2D eigenvalue weighted by Crippen LogP contribution is -2.05. The maximum absolute atomic E-state index is 6.12. The quantitative estimate of drug-likeness (QED) is 0.535. The van der Waals surface area contributed by atoms with Crippen LogP contribution < -0.4 is 9.47 Å². The number of hydrogen-bond donors (Lipinski definition) is 0. The van der Waals surface area contributed by atoms with E-state index in [1.807, 2.05) is 78.9 Å². The number of hydrogen-bond acceptors (Lipinski definition) is 2. The molecule has 3 rings (SSSR count). The molecule has 0 amide bonds. The molecule has 0 radical (unpaired) electrons. The Kier molecular flexibility index (Phi) is 5.77. The van der Waals surface area contributed by atoms with E-state index in [9.17, 15) is 0 Å². The van der Waals surface area contributed by atoms with E-state index >= 15 is 0 Å². The molecule has 1 atom stereocenters. The summed E-state index contributed by atoms with van der Waals surface area (Å²) in [6.07, 6.45) is -0.368. The minimum atomic E-state index is -0.368. The molecule has 0 N–H and O–H groups in total. The van der Waals surface area contributed by atoms with Gasteiger partial charge in [0.2, 0.25) is 0 Å². The second-order valence-electron chi connectivity index (χ2n) is 5.36. The van der Waals surface area contributed by atoms with Gasteiger partial charge in [-0.3, -0.25) is 0 Å². The van der Waals surface area contributed by atoms with Crippen molar-refractivity contribution in [2.75, 3.05) is 7.11 Å². The van der Waals surface area contributed by atoms with Gasteiger partial charge in [-0.1, -0.05) is 52.2 Å². The first-order chi connectivity index (χ1) is 12.2. The lowest BCUT2D eigenvalue weighted by molar-refractivity contribution is 0.264. The minimum absolute atomic E-state index is 0.368. The molecule has 0 aliphatic heterocycles. The third-order valence-corrected chi connectivity index (χ3v) is 4.14. The van der Waals surface area contributed by atoms with Gasteiger partial charge in [0.15, 0.2) is 6.10 Å². The summed E-state index contributed by atoms with van der Waals surface area (Å²) in [7, 11) is 1.65. The Morgan fingerprint density at radius 1 is 0.800 bits per heavy atom. The summed E-state index contributed by atoms with van der Waals surface area (Å²) in [5.74, 6) is 7.99. The fourth-order valence-corrected chi connectivity index (χ4v) is 2.54. The van der Waals surface area contributed by atoms with Crippen LogP contribution in [0.5, 0.6) is 11.5 Å². The monoisotopic (exact) mass is 392 g/mol. The molecule has 0 aliphatic carbocycles. The molecule has 3 heteroatoms. The molecule has 0 aromatic heterocycles. The summed E-state index contributed by atoms with van der Waals surface area (Å²) < 4.78 is 12.4. The van der Waals surface area contributed by atoms with E-state index in [4.69, 9.17) is 9.47 Å². The maximum atomic E-state index is 6.12. The number of methoxy groups -OCH3 is 1. The van der Waals surface area contributed by atoms with Crippen LogP contribution in [0, 0.1) is 11.8 Å². The molecule has 0 saturated heterocycles. The molecule has 0 bridgehead atoms. The van der Waals surface area contributed by atoms with Crippen LogP contribution in [0.15, 0.2) is 83.3 Å². The zero-order chi connectivity index (χ0) is 17.5. The highest BCUT2D eigenvalue weighted by atomic mass is 79.9. The van der Waals surface area contributed by atoms with Crippen molar-refractivity contribution in [2.24, 2.45) is 0 Å².